The standard InChI is InChI=1S/C21H27NO4.ClH/c1-14(12-16-6-8-17(24-3)9-7-16)22-13-19(23)18-10-11-20(25-4)21(26-5)15(18)2;/h6-11,14,22H,12-13H2,1-5H3;1H. The number of benzene rings is 2. The lowest BCUT2D eigenvalue weighted by Crippen LogP contribution is -2.33. The molecule has 2 aromatic carbocycles. The molecule has 0 bridgehead atoms. The summed E-state index contributed by atoms with van der Waals surface area (Å²) in [5.41, 5.74) is 2.63. The monoisotopic (exact) mass is 393 g/mol. The topological polar surface area (TPSA) is 56.8 Å². The number of ether oxygens (including phenoxy) is 3. The first-order valence-corrected chi connectivity index (χ1v) is 8.61. The molecule has 1 N–H and O–H groups in total. The lowest BCUT2D eigenvalue weighted by Gasteiger charge is -2.16. The predicted molar refractivity (Wildman–Crippen MR) is 110 cm³/mol. The number of rotatable bonds is 9. The number of halogens is 1. The highest BCUT2D eigenvalue weighted by Crippen LogP contribution is 2.32. The van der Waals surface area contributed by atoms with Crippen LogP contribution < -0.4 is 19.5 Å². The Morgan fingerprint density at radius 3 is 2.22 bits per heavy atom. The molecule has 0 radical (unpaired) electrons. The maximum absolute atomic E-state index is 12.6. The Kier molecular flexibility index (Phi) is 9.12. The minimum absolute atomic E-state index is 0. The Balaban J connectivity index is 0.00000364. The third-order valence-corrected chi connectivity index (χ3v) is 4.41. The molecule has 2 aromatic rings. The van der Waals surface area contributed by atoms with Crippen LogP contribution in [0.2, 0.25) is 0 Å². The van der Waals surface area contributed by atoms with Gasteiger partial charge in [-0.25, -0.2) is 0 Å². The first-order chi connectivity index (χ1) is 12.5. The Hall–Kier alpha value is -2.24. The van der Waals surface area contributed by atoms with E-state index in [1.54, 1.807) is 33.5 Å². The van der Waals surface area contributed by atoms with E-state index < -0.39 is 0 Å². The molecule has 0 aliphatic heterocycles. The molecule has 2 rings (SSSR count). The highest BCUT2D eigenvalue weighted by atomic mass is 35.5. The second-order valence-corrected chi connectivity index (χ2v) is 6.23. The van der Waals surface area contributed by atoms with Crippen molar-refractivity contribution in [3.8, 4) is 17.2 Å². The van der Waals surface area contributed by atoms with E-state index in [9.17, 15) is 4.79 Å². The highest BCUT2D eigenvalue weighted by Gasteiger charge is 2.17. The average molecular weight is 394 g/mol. The van der Waals surface area contributed by atoms with Crippen molar-refractivity contribution in [3.63, 3.8) is 0 Å². The first kappa shape index (κ1) is 22.8. The van der Waals surface area contributed by atoms with Crippen LogP contribution in [0.5, 0.6) is 17.2 Å². The van der Waals surface area contributed by atoms with Crippen molar-refractivity contribution in [3.05, 3.63) is 53.1 Å². The van der Waals surface area contributed by atoms with Gasteiger partial charge >= 0.3 is 0 Å². The van der Waals surface area contributed by atoms with Crippen molar-refractivity contribution < 1.29 is 19.0 Å². The summed E-state index contributed by atoms with van der Waals surface area (Å²) in [4.78, 5) is 12.6. The van der Waals surface area contributed by atoms with E-state index in [0.717, 1.165) is 17.7 Å². The van der Waals surface area contributed by atoms with Crippen molar-refractivity contribution in [2.75, 3.05) is 27.9 Å². The van der Waals surface area contributed by atoms with E-state index >= 15 is 0 Å². The van der Waals surface area contributed by atoms with Crippen molar-refractivity contribution in [1.82, 2.24) is 5.32 Å². The van der Waals surface area contributed by atoms with Gasteiger partial charge in [0, 0.05) is 17.2 Å². The van der Waals surface area contributed by atoms with Gasteiger partial charge in [-0.2, -0.15) is 0 Å². The minimum Gasteiger partial charge on any atom is -0.497 e. The zero-order valence-corrected chi connectivity index (χ0v) is 17.3. The van der Waals surface area contributed by atoms with Crippen LogP contribution in [0.15, 0.2) is 36.4 Å². The summed E-state index contributed by atoms with van der Waals surface area (Å²) in [6.45, 7) is 4.21. The molecule has 0 saturated heterocycles. The van der Waals surface area contributed by atoms with Crippen LogP contribution in [0, 0.1) is 6.92 Å². The van der Waals surface area contributed by atoms with Gasteiger partial charge in [0.25, 0.3) is 0 Å². The van der Waals surface area contributed by atoms with Crippen molar-refractivity contribution in [2.45, 2.75) is 26.3 Å². The molecular weight excluding hydrogens is 366 g/mol. The van der Waals surface area contributed by atoms with Gasteiger partial charge in [-0.3, -0.25) is 4.79 Å². The number of methoxy groups -OCH3 is 3. The number of hydrogen-bond acceptors (Lipinski definition) is 5. The van der Waals surface area contributed by atoms with E-state index in [-0.39, 0.29) is 30.8 Å². The van der Waals surface area contributed by atoms with E-state index in [0.29, 0.717) is 17.1 Å². The summed E-state index contributed by atoms with van der Waals surface area (Å²) in [7, 11) is 4.82. The third-order valence-electron chi connectivity index (χ3n) is 4.41. The van der Waals surface area contributed by atoms with Crippen molar-refractivity contribution in [2.24, 2.45) is 0 Å². The molecule has 27 heavy (non-hydrogen) atoms. The number of nitrogens with one attached hydrogen (secondary N) is 1. The van der Waals surface area contributed by atoms with E-state index in [2.05, 4.69) is 12.2 Å². The van der Waals surface area contributed by atoms with E-state index in [1.807, 2.05) is 31.2 Å². The summed E-state index contributed by atoms with van der Waals surface area (Å²) in [6.07, 6.45) is 0.836. The fourth-order valence-corrected chi connectivity index (χ4v) is 2.93. The molecule has 148 valence electrons. The molecular formula is C21H28ClNO4. The molecule has 0 aliphatic rings. The fraction of sp³-hybridized carbons (Fsp3) is 0.381. The molecule has 0 saturated carbocycles. The van der Waals surface area contributed by atoms with Gasteiger partial charge in [-0.15, -0.1) is 12.4 Å². The first-order valence-electron chi connectivity index (χ1n) is 8.61. The molecule has 6 heteroatoms. The van der Waals surface area contributed by atoms with Gasteiger partial charge in [0.2, 0.25) is 0 Å². The molecule has 0 aliphatic carbocycles. The molecule has 0 heterocycles. The van der Waals surface area contributed by atoms with Crippen LogP contribution in [0.1, 0.15) is 28.4 Å². The Labute approximate surface area is 167 Å². The van der Waals surface area contributed by atoms with Crippen molar-refractivity contribution >= 4 is 18.2 Å². The summed E-state index contributed by atoms with van der Waals surface area (Å²) in [5, 5.41) is 3.30. The Morgan fingerprint density at radius 2 is 1.67 bits per heavy atom. The van der Waals surface area contributed by atoms with Gasteiger partial charge in [-0.05, 0) is 50.1 Å². The van der Waals surface area contributed by atoms with Crippen LogP contribution in [-0.2, 0) is 6.42 Å². The maximum atomic E-state index is 12.6. The predicted octanol–water partition coefficient (Wildman–Crippen LogP) is 3.85. The normalized spacial score (nSPS) is 11.3. The number of ketones is 1. The highest BCUT2D eigenvalue weighted by molar-refractivity contribution is 5.99. The van der Waals surface area contributed by atoms with Gasteiger partial charge in [0.05, 0.1) is 27.9 Å². The summed E-state index contributed by atoms with van der Waals surface area (Å²) in [6, 6.07) is 11.7. The zero-order valence-electron chi connectivity index (χ0n) is 16.5. The van der Waals surface area contributed by atoms with Crippen LogP contribution >= 0.6 is 12.4 Å². The summed E-state index contributed by atoms with van der Waals surface area (Å²) < 4.78 is 15.8. The smallest absolute Gasteiger partial charge is 0.177 e. The maximum Gasteiger partial charge on any atom is 0.177 e. The average Bonchev–Trinajstić information content (AvgIpc) is 2.66. The minimum atomic E-state index is 0. The van der Waals surface area contributed by atoms with Crippen molar-refractivity contribution in [1.29, 1.82) is 0 Å². The van der Waals surface area contributed by atoms with Gasteiger partial charge < -0.3 is 19.5 Å². The second-order valence-electron chi connectivity index (χ2n) is 6.23. The Bertz CT molecular complexity index is 747. The Morgan fingerprint density at radius 1 is 1.00 bits per heavy atom. The lowest BCUT2D eigenvalue weighted by atomic mass is 10.0. The third kappa shape index (κ3) is 5.88. The quantitative estimate of drug-likeness (QED) is 0.656. The number of carbonyl (C=O) groups excluding carboxylic acids is 1. The molecule has 0 fully saturated rings. The summed E-state index contributed by atoms with van der Waals surface area (Å²) in [5.74, 6) is 2.10. The molecule has 0 aromatic heterocycles. The largest absolute Gasteiger partial charge is 0.497 e. The van der Waals surface area contributed by atoms with Gasteiger partial charge in [-0.1, -0.05) is 12.1 Å². The van der Waals surface area contributed by atoms with Gasteiger partial charge in [0.1, 0.15) is 5.75 Å². The SMILES string of the molecule is COc1ccc(CC(C)NCC(=O)c2ccc(OC)c(OC)c2C)cc1.Cl. The van der Waals surface area contributed by atoms with E-state index in [4.69, 9.17) is 14.2 Å². The van der Waals surface area contributed by atoms with Crippen LogP contribution in [0.4, 0.5) is 0 Å². The molecule has 5 nitrogen and oxygen atoms in total. The molecule has 0 amide bonds. The number of Topliss-reactive ketones (excluding diaryl/α,β-unsaturated/α-hetero) is 1. The zero-order chi connectivity index (χ0) is 19.1. The molecule has 0 spiro atoms. The van der Waals surface area contributed by atoms with Crippen LogP contribution in [-0.4, -0.2) is 39.7 Å². The molecule has 1 unspecified atom stereocenters. The second kappa shape index (κ2) is 10.8. The fourth-order valence-electron chi connectivity index (χ4n) is 2.93. The number of hydrogen-bond donors (Lipinski definition) is 1. The summed E-state index contributed by atoms with van der Waals surface area (Å²) >= 11 is 0. The molecule has 1 atom stereocenters. The lowest BCUT2D eigenvalue weighted by molar-refractivity contribution is 0.0986. The number of carbonyl (C=O) groups is 1. The van der Waals surface area contributed by atoms with Crippen LogP contribution in [0.25, 0.3) is 0 Å². The van der Waals surface area contributed by atoms with Crippen LogP contribution in [0.3, 0.4) is 0 Å². The van der Waals surface area contributed by atoms with Gasteiger partial charge in [0.15, 0.2) is 17.3 Å². The van der Waals surface area contributed by atoms with E-state index in [1.165, 1.54) is 5.56 Å².